The molecule has 0 saturated heterocycles. The summed E-state index contributed by atoms with van der Waals surface area (Å²) in [7, 11) is 0. The van der Waals surface area contributed by atoms with E-state index in [1.54, 1.807) is 20.0 Å². The van der Waals surface area contributed by atoms with Gasteiger partial charge >= 0.3 is 24.8 Å². The third-order valence-corrected chi connectivity index (χ3v) is 6.48. The number of rotatable bonds is 2. The first-order valence-electron chi connectivity index (χ1n) is 14.0. The van der Waals surface area contributed by atoms with Crippen molar-refractivity contribution in [3.8, 4) is 11.1 Å². The molecule has 3 heteroatoms. The number of halogens is 2. The van der Waals surface area contributed by atoms with E-state index in [0.29, 0.717) is 11.8 Å². The second-order valence-electron chi connectivity index (χ2n) is 10.4. The summed E-state index contributed by atoms with van der Waals surface area (Å²) in [5, 5.41) is 0. The number of fused-ring (bicyclic) bond motifs is 3. The zero-order valence-electron chi connectivity index (χ0n) is 25.8. The molecule has 4 aromatic rings. The Balaban J connectivity index is 0.000000604. The normalized spacial score (nSPS) is 10.9. The molecule has 2 aliphatic rings. The van der Waals surface area contributed by atoms with Crippen LogP contribution in [-0.4, -0.2) is 4.82 Å². The maximum atomic E-state index is 3.62. The Morgan fingerprint density at radius 3 is 1.64 bits per heavy atom. The van der Waals surface area contributed by atoms with Crippen LogP contribution < -0.4 is 0 Å². The summed E-state index contributed by atoms with van der Waals surface area (Å²) in [5.74, 6) is 1.16. The number of allylic oxidation sites excluding steroid dienone is 4. The van der Waals surface area contributed by atoms with Gasteiger partial charge in [0.25, 0.3) is 0 Å². The maximum absolute atomic E-state index is 3.62. The summed E-state index contributed by atoms with van der Waals surface area (Å²) < 4.78 is 0. The van der Waals surface area contributed by atoms with E-state index in [1.807, 2.05) is 60.7 Å². The van der Waals surface area contributed by atoms with Crippen molar-refractivity contribution >= 4 is 29.6 Å². The molecule has 0 aromatic heterocycles. The van der Waals surface area contributed by atoms with Crippen molar-refractivity contribution in [2.75, 3.05) is 0 Å². The molecule has 4 aromatic carbocycles. The third-order valence-electron chi connectivity index (χ3n) is 6.48. The first-order chi connectivity index (χ1) is 19.3. The van der Waals surface area contributed by atoms with Gasteiger partial charge in [0.1, 0.15) is 0 Å². The van der Waals surface area contributed by atoms with Gasteiger partial charge in [0.2, 0.25) is 0 Å². The zero-order chi connectivity index (χ0) is 29.3. The van der Waals surface area contributed by atoms with Gasteiger partial charge in [-0.15, -0.1) is 42.4 Å². The van der Waals surface area contributed by atoms with E-state index in [9.17, 15) is 0 Å². The van der Waals surface area contributed by atoms with Crippen LogP contribution in [0, 0.1) is 38.1 Å². The molecule has 0 unspecified atom stereocenters. The molecular formula is C39H44Cl2Ti-4. The fraction of sp³-hybridized carbons (Fsp3) is 0.256. The molecule has 0 heterocycles. The number of benzene rings is 4. The van der Waals surface area contributed by atoms with Crippen LogP contribution in [0.25, 0.3) is 11.1 Å². The summed E-state index contributed by atoms with van der Waals surface area (Å²) in [6, 6.07) is 36.7. The summed E-state index contributed by atoms with van der Waals surface area (Å²) >= 11 is 1.75. The number of hydrogen-bond donors (Lipinski definition) is 0. The average molecular weight is 632 g/mol. The molecular weight excluding hydrogens is 587 g/mol. The molecule has 2 aliphatic carbocycles. The van der Waals surface area contributed by atoms with Gasteiger partial charge in [-0.3, -0.25) is 6.08 Å². The Bertz CT molecular complexity index is 1240. The zero-order valence-corrected chi connectivity index (χ0v) is 29.0. The standard InChI is InChI=1S/C19H21.2C7H7.C5H5.CH2.2ClH.Ti/c1-12(2)14-5-7-18-16(9-14)11-17-10-15(13(3)4)6-8-19(17)18;2*1-7-5-3-2-4-6-7;1-2-4-5-3-1;;;;/h5-9,12-13H,11H2,1-4H3;2*3-6H,1H3;1-3H,4H2;1H2;2*1H;/q4*-1;;;;. The monoisotopic (exact) mass is 630 g/mol. The van der Waals surface area contributed by atoms with E-state index in [-0.39, 0.29) is 24.8 Å². The first kappa shape index (κ1) is 39.5. The van der Waals surface area contributed by atoms with Gasteiger partial charge in [0.15, 0.2) is 0 Å². The van der Waals surface area contributed by atoms with E-state index < -0.39 is 0 Å². The van der Waals surface area contributed by atoms with Crippen LogP contribution in [0.3, 0.4) is 0 Å². The quantitative estimate of drug-likeness (QED) is 0.134. The van der Waals surface area contributed by atoms with Gasteiger partial charge in [-0.1, -0.05) is 65.3 Å². The van der Waals surface area contributed by atoms with Crippen LogP contribution in [0.5, 0.6) is 0 Å². The second kappa shape index (κ2) is 22.1. The van der Waals surface area contributed by atoms with Crippen LogP contribution in [0.4, 0.5) is 0 Å². The summed E-state index contributed by atoms with van der Waals surface area (Å²) in [5.41, 5.74) is 11.0. The van der Waals surface area contributed by atoms with Crippen LogP contribution in [0.1, 0.15) is 79.3 Å². The molecule has 42 heavy (non-hydrogen) atoms. The van der Waals surface area contributed by atoms with Crippen molar-refractivity contribution in [1.29, 1.82) is 0 Å². The van der Waals surface area contributed by atoms with Crippen molar-refractivity contribution < 1.29 is 20.0 Å². The molecule has 0 bridgehead atoms. The molecule has 0 fully saturated rings. The Labute approximate surface area is 280 Å². The molecule has 6 rings (SSSR count). The second-order valence-corrected chi connectivity index (χ2v) is 10.4. The van der Waals surface area contributed by atoms with Crippen LogP contribution in [0.15, 0.2) is 97.1 Å². The van der Waals surface area contributed by atoms with Crippen LogP contribution in [-0.2, 0) is 26.4 Å². The number of hydrogen-bond acceptors (Lipinski definition) is 0. The Kier molecular flexibility index (Phi) is 20.8. The fourth-order valence-electron chi connectivity index (χ4n) is 4.14. The predicted molar refractivity (Wildman–Crippen MR) is 185 cm³/mol. The van der Waals surface area contributed by atoms with Gasteiger partial charge < -0.3 is 0 Å². The van der Waals surface area contributed by atoms with Crippen molar-refractivity contribution in [2.45, 2.75) is 66.2 Å². The van der Waals surface area contributed by atoms with E-state index in [1.165, 1.54) is 44.5 Å². The molecule has 0 N–H and O–H groups in total. The van der Waals surface area contributed by atoms with E-state index in [2.05, 4.69) is 107 Å². The minimum atomic E-state index is 0. The molecule has 0 saturated carbocycles. The van der Waals surface area contributed by atoms with Crippen LogP contribution >= 0.6 is 24.8 Å². The van der Waals surface area contributed by atoms with Gasteiger partial charge in [-0.2, -0.15) is 102 Å². The minimum absolute atomic E-state index is 0. The first-order valence-corrected chi connectivity index (χ1v) is 15.1. The SMILES string of the molecule is CC(C)c1[c-]c2c(cc1)-c1ccc(C(C)C)cc1C2.Cc1cc[c-]cc1.Cc1cc[c-]cc1.Cl.Cl.[C-]1=CC=CC1.[CH2]=[Ti]. The number of aryl methyl sites for hydroxylation is 2. The van der Waals surface area contributed by atoms with Crippen molar-refractivity contribution in [2.24, 2.45) is 0 Å². The average Bonchev–Trinajstić information content (AvgIpc) is 3.67. The third kappa shape index (κ3) is 13.7. The molecule has 0 aliphatic heterocycles. The van der Waals surface area contributed by atoms with Gasteiger partial charge in [-0.25, -0.2) is 12.2 Å². The molecule has 0 nitrogen and oxygen atoms in total. The van der Waals surface area contributed by atoms with Crippen molar-refractivity contribution in [3.05, 3.63) is 155 Å². The summed E-state index contributed by atoms with van der Waals surface area (Å²) in [6.07, 6.45) is 11.0. The molecule has 0 radical (unpaired) electrons. The van der Waals surface area contributed by atoms with E-state index in [0.717, 1.165) is 12.8 Å². The van der Waals surface area contributed by atoms with E-state index in [4.69, 9.17) is 0 Å². The fourth-order valence-corrected chi connectivity index (χ4v) is 4.14. The predicted octanol–water partition coefficient (Wildman–Crippen LogP) is 11.0. The van der Waals surface area contributed by atoms with Crippen molar-refractivity contribution in [3.63, 3.8) is 0 Å². The van der Waals surface area contributed by atoms with Gasteiger partial charge in [0, 0.05) is 0 Å². The molecule has 0 atom stereocenters. The topological polar surface area (TPSA) is 0 Å². The summed E-state index contributed by atoms with van der Waals surface area (Å²) in [4.78, 5) is 3.25. The Morgan fingerprint density at radius 2 is 1.26 bits per heavy atom. The molecule has 222 valence electrons. The van der Waals surface area contributed by atoms with Crippen LogP contribution in [0.2, 0.25) is 0 Å². The Morgan fingerprint density at radius 1 is 0.714 bits per heavy atom. The Hall–Kier alpha value is -2.48. The summed E-state index contributed by atoms with van der Waals surface area (Å²) in [6.45, 7) is 13.1. The molecule has 0 amide bonds. The van der Waals surface area contributed by atoms with Gasteiger partial charge in [0.05, 0.1) is 0 Å². The van der Waals surface area contributed by atoms with E-state index >= 15 is 0 Å². The molecule has 0 spiro atoms. The van der Waals surface area contributed by atoms with Gasteiger partial charge in [-0.05, 0) is 29.4 Å². The van der Waals surface area contributed by atoms with Crippen molar-refractivity contribution in [1.82, 2.24) is 0 Å².